The Morgan fingerprint density at radius 3 is 1.76 bits per heavy atom. The highest BCUT2D eigenvalue weighted by atomic mass is 16.3. The van der Waals surface area contributed by atoms with Crippen molar-refractivity contribution in [3.8, 4) is 0 Å². The first-order chi connectivity index (χ1) is 8.08. The number of aliphatic hydroxyl groups is 2. The Morgan fingerprint density at radius 1 is 1.00 bits per heavy atom. The number of piperidine rings is 1. The Morgan fingerprint density at radius 2 is 1.41 bits per heavy atom. The van der Waals surface area contributed by atoms with Crippen molar-refractivity contribution >= 4 is 0 Å². The van der Waals surface area contributed by atoms with E-state index in [1.165, 1.54) is 19.3 Å². The molecule has 1 rings (SSSR count). The third-order valence-electron chi connectivity index (χ3n) is 4.26. The van der Waals surface area contributed by atoms with E-state index in [0.717, 1.165) is 25.7 Å². The van der Waals surface area contributed by atoms with E-state index < -0.39 is 0 Å². The predicted octanol–water partition coefficient (Wildman–Crippen LogP) is 2.16. The number of hydrogen-bond donors (Lipinski definition) is 2. The quantitative estimate of drug-likeness (QED) is 0.751. The average Bonchev–Trinajstić information content (AvgIpc) is 2.33. The Hall–Kier alpha value is -0.120. The fourth-order valence-electron chi connectivity index (χ4n) is 2.82. The maximum atomic E-state index is 9.77. The minimum Gasteiger partial charge on any atom is -0.393 e. The van der Waals surface area contributed by atoms with Gasteiger partial charge in [-0.05, 0) is 45.6 Å². The van der Waals surface area contributed by atoms with Gasteiger partial charge >= 0.3 is 0 Å². The van der Waals surface area contributed by atoms with Crippen molar-refractivity contribution in [2.24, 2.45) is 0 Å². The molecular formula is C14H29NO2. The molecule has 3 nitrogen and oxygen atoms in total. The van der Waals surface area contributed by atoms with E-state index in [2.05, 4.69) is 11.9 Å². The van der Waals surface area contributed by atoms with Gasteiger partial charge in [0, 0.05) is 12.1 Å². The molecule has 1 aliphatic rings. The third-order valence-corrected chi connectivity index (χ3v) is 4.26. The van der Waals surface area contributed by atoms with Crippen molar-refractivity contribution in [3.05, 3.63) is 0 Å². The van der Waals surface area contributed by atoms with Crippen molar-refractivity contribution in [3.63, 3.8) is 0 Å². The first-order valence-electron chi connectivity index (χ1n) is 7.16. The van der Waals surface area contributed by atoms with Crippen LogP contribution in [-0.4, -0.2) is 46.5 Å². The van der Waals surface area contributed by atoms with Crippen LogP contribution in [-0.2, 0) is 0 Å². The van der Waals surface area contributed by atoms with Gasteiger partial charge in [0.05, 0.1) is 12.2 Å². The summed E-state index contributed by atoms with van der Waals surface area (Å²) in [5.74, 6) is 0. The zero-order valence-corrected chi connectivity index (χ0v) is 11.6. The molecule has 4 atom stereocenters. The zero-order chi connectivity index (χ0) is 12.8. The number of hydrogen-bond acceptors (Lipinski definition) is 3. The molecule has 1 saturated heterocycles. The fourth-order valence-corrected chi connectivity index (χ4v) is 2.82. The lowest BCUT2D eigenvalue weighted by Gasteiger charge is -2.41. The van der Waals surface area contributed by atoms with Crippen LogP contribution < -0.4 is 0 Å². The summed E-state index contributed by atoms with van der Waals surface area (Å²) in [6.07, 6.45) is 6.71. The van der Waals surface area contributed by atoms with Crippen molar-refractivity contribution in [2.45, 2.75) is 83.1 Å². The number of likely N-dealkylation sites (tertiary alicyclic amines) is 1. The minimum absolute atomic E-state index is 0.169. The molecule has 1 fully saturated rings. The van der Waals surface area contributed by atoms with Gasteiger partial charge in [0.2, 0.25) is 0 Å². The third kappa shape index (κ3) is 4.57. The molecule has 2 N–H and O–H groups in total. The first kappa shape index (κ1) is 14.9. The van der Waals surface area contributed by atoms with Crippen LogP contribution in [0.1, 0.15) is 58.8 Å². The summed E-state index contributed by atoms with van der Waals surface area (Å²) in [5, 5.41) is 19.5. The molecule has 0 bridgehead atoms. The summed E-state index contributed by atoms with van der Waals surface area (Å²) in [6, 6.07) is 0.987. The molecular weight excluding hydrogens is 214 g/mol. The molecule has 0 saturated carbocycles. The van der Waals surface area contributed by atoms with Gasteiger partial charge in [0.1, 0.15) is 0 Å². The molecule has 0 amide bonds. The van der Waals surface area contributed by atoms with Crippen LogP contribution in [0.25, 0.3) is 0 Å². The summed E-state index contributed by atoms with van der Waals surface area (Å²) in [4.78, 5) is 2.39. The molecule has 0 aliphatic carbocycles. The lowest BCUT2D eigenvalue weighted by Crippen LogP contribution is -2.46. The van der Waals surface area contributed by atoms with Gasteiger partial charge < -0.3 is 15.1 Å². The largest absolute Gasteiger partial charge is 0.393 e. The van der Waals surface area contributed by atoms with Gasteiger partial charge in [0.15, 0.2) is 0 Å². The SMILES string of the molecule is CC[C@@H](O)CC1CCCC(C[C@@H](O)CC)N1C. The Balaban J connectivity index is 2.46. The van der Waals surface area contributed by atoms with Crippen LogP contribution in [0.4, 0.5) is 0 Å². The molecule has 102 valence electrons. The standard InChI is InChI=1S/C14H29NO2/c1-4-13(16)9-11-7-6-8-12(15(11)3)10-14(17)5-2/h11-14,16-17H,4-10H2,1-3H3/t11?,12?,13-,14+. The van der Waals surface area contributed by atoms with Crippen molar-refractivity contribution < 1.29 is 10.2 Å². The average molecular weight is 243 g/mol. The minimum atomic E-state index is -0.169. The van der Waals surface area contributed by atoms with Gasteiger partial charge in [-0.3, -0.25) is 0 Å². The maximum absolute atomic E-state index is 9.77. The zero-order valence-electron chi connectivity index (χ0n) is 11.6. The normalized spacial score (nSPS) is 30.2. The molecule has 2 unspecified atom stereocenters. The molecule has 1 heterocycles. The van der Waals surface area contributed by atoms with E-state index in [1.807, 2.05) is 13.8 Å². The summed E-state index contributed by atoms with van der Waals surface area (Å²) in [6.45, 7) is 4.07. The monoisotopic (exact) mass is 243 g/mol. The van der Waals surface area contributed by atoms with Crippen molar-refractivity contribution in [1.29, 1.82) is 0 Å². The van der Waals surface area contributed by atoms with Crippen LogP contribution in [0, 0.1) is 0 Å². The fraction of sp³-hybridized carbons (Fsp3) is 1.00. The Labute approximate surface area is 106 Å². The van der Waals surface area contributed by atoms with E-state index in [1.54, 1.807) is 0 Å². The van der Waals surface area contributed by atoms with Crippen LogP contribution in [0.15, 0.2) is 0 Å². The number of aliphatic hydroxyl groups excluding tert-OH is 2. The highest BCUT2D eigenvalue weighted by molar-refractivity contribution is 4.85. The molecule has 1 aliphatic heterocycles. The summed E-state index contributed by atoms with van der Waals surface area (Å²) < 4.78 is 0. The molecule has 3 heteroatoms. The Bertz CT molecular complexity index is 190. The maximum Gasteiger partial charge on any atom is 0.0552 e. The van der Waals surface area contributed by atoms with E-state index in [-0.39, 0.29) is 12.2 Å². The lowest BCUT2D eigenvalue weighted by atomic mass is 9.89. The molecule has 0 radical (unpaired) electrons. The summed E-state index contributed by atoms with van der Waals surface area (Å²) in [7, 11) is 2.15. The second-order valence-corrected chi connectivity index (χ2v) is 5.50. The van der Waals surface area contributed by atoms with Gasteiger partial charge in [0.25, 0.3) is 0 Å². The van der Waals surface area contributed by atoms with Crippen molar-refractivity contribution in [1.82, 2.24) is 4.90 Å². The molecule has 0 aromatic carbocycles. The molecule has 0 aromatic rings. The number of rotatable bonds is 6. The number of nitrogens with zero attached hydrogens (tertiary/aromatic N) is 1. The highest BCUT2D eigenvalue weighted by Gasteiger charge is 2.29. The topological polar surface area (TPSA) is 43.7 Å². The smallest absolute Gasteiger partial charge is 0.0552 e. The predicted molar refractivity (Wildman–Crippen MR) is 71.0 cm³/mol. The van der Waals surface area contributed by atoms with Crippen LogP contribution in [0.3, 0.4) is 0 Å². The van der Waals surface area contributed by atoms with Gasteiger partial charge in [-0.2, -0.15) is 0 Å². The van der Waals surface area contributed by atoms with Gasteiger partial charge in [-0.15, -0.1) is 0 Å². The molecule has 17 heavy (non-hydrogen) atoms. The van der Waals surface area contributed by atoms with E-state index in [4.69, 9.17) is 0 Å². The lowest BCUT2D eigenvalue weighted by molar-refractivity contribution is 0.0343. The second kappa shape index (κ2) is 7.34. The summed E-state index contributed by atoms with van der Waals surface area (Å²) in [5.41, 5.74) is 0. The van der Waals surface area contributed by atoms with E-state index in [9.17, 15) is 10.2 Å². The highest BCUT2D eigenvalue weighted by Crippen LogP contribution is 2.27. The second-order valence-electron chi connectivity index (χ2n) is 5.50. The van der Waals surface area contributed by atoms with Crippen LogP contribution in [0.5, 0.6) is 0 Å². The van der Waals surface area contributed by atoms with E-state index >= 15 is 0 Å². The van der Waals surface area contributed by atoms with E-state index in [0.29, 0.717) is 12.1 Å². The van der Waals surface area contributed by atoms with Crippen LogP contribution >= 0.6 is 0 Å². The van der Waals surface area contributed by atoms with Gasteiger partial charge in [-0.25, -0.2) is 0 Å². The van der Waals surface area contributed by atoms with Gasteiger partial charge in [-0.1, -0.05) is 20.3 Å². The molecule has 0 aromatic heterocycles. The van der Waals surface area contributed by atoms with Crippen LogP contribution in [0.2, 0.25) is 0 Å². The first-order valence-corrected chi connectivity index (χ1v) is 7.16. The molecule has 0 spiro atoms. The summed E-state index contributed by atoms with van der Waals surface area (Å²) >= 11 is 0. The van der Waals surface area contributed by atoms with Crippen molar-refractivity contribution in [2.75, 3.05) is 7.05 Å². The Kier molecular flexibility index (Phi) is 6.45.